The lowest BCUT2D eigenvalue weighted by molar-refractivity contribution is 0.0350. The van der Waals surface area contributed by atoms with Crippen LogP contribution in [-0.4, -0.2) is 17.4 Å². The van der Waals surface area contributed by atoms with Gasteiger partial charge in [-0.15, -0.1) is 0 Å². The minimum atomic E-state index is -0.176. The zero-order valence-electron chi connectivity index (χ0n) is 10.9. The van der Waals surface area contributed by atoms with Crippen molar-refractivity contribution >= 4 is 17.4 Å². The second-order valence-electron chi connectivity index (χ2n) is 4.80. The van der Waals surface area contributed by atoms with Crippen LogP contribution in [0.4, 0.5) is 0 Å². The minimum Gasteiger partial charge on any atom is -0.373 e. The molecule has 4 heteroatoms. The molecule has 0 bridgehead atoms. The first-order chi connectivity index (χ1) is 9.74. The number of ketones is 1. The van der Waals surface area contributed by atoms with Crippen molar-refractivity contribution in [2.45, 2.75) is 18.9 Å². The molecule has 2 heterocycles. The molecule has 2 aromatic rings. The number of aromatic nitrogens is 1. The molecule has 0 radical (unpaired) electrons. The highest BCUT2D eigenvalue weighted by molar-refractivity contribution is 6.30. The van der Waals surface area contributed by atoms with E-state index in [-0.39, 0.29) is 11.9 Å². The molecule has 1 atom stereocenters. The Hall–Kier alpha value is -1.71. The summed E-state index contributed by atoms with van der Waals surface area (Å²) in [5, 5.41) is 0.529. The molecule has 0 saturated heterocycles. The molecule has 1 aliphatic heterocycles. The molecule has 0 saturated carbocycles. The van der Waals surface area contributed by atoms with Gasteiger partial charge >= 0.3 is 0 Å². The van der Waals surface area contributed by atoms with Crippen molar-refractivity contribution in [1.29, 1.82) is 0 Å². The number of carbonyl (C=O) groups excluding carboxylic acids is 1. The summed E-state index contributed by atoms with van der Waals surface area (Å²) in [6, 6.07) is 11.4. The molecule has 1 aromatic carbocycles. The summed E-state index contributed by atoms with van der Waals surface area (Å²) in [5.74, 6) is -0.0247. The van der Waals surface area contributed by atoms with Gasteiger partial charge in [0, 0.05) is 12.6 Å². The fraction of sp³-hybridized carbons (Fsp3) is 0.250. The average molecular weight is 288 g/mol. The van der Waals surface area contributed by atoms with Crippen molar-refractivity contribution in [1.82, 2.24) is 4.98 Å². The Kier molecular flexibility index (Phi) is 3.81. The molecule has 0 spiro atoms. The smallest absolute Gasteiger partial charge is 0.184 e. The fourth-order valence-corrected chi connectivity index (χ4v) is 2.57. The van der Waals surface area contributed by atoms with Gasteiger partial charge in [-0.3, -0.25) is 9.78 Å². The Balaban J connectivity index is 1.79. The number of carbonyl (C=O) groups is 1. The molecule has 0 amide bonds. The summed E-state index contributed by atoms with van der Waals surface area (Å²) in [7, 11) is 0. The van der Waals surface area contributed by atoms with Gasteiger partial charge in [-0.05, 0) is 29.7 Å². The molecule has 0 N–H and O–H groups in total. The van der Waals surface area contributed by atoms with E-state index in [1.807, 2.05) is 18.2 Å². The number of pyridine rings is 1. The summed E-state index contributed by atoms with van der Waals surface area (Å²) >= 11 is 5.78. The molecule has 1 aromatic heterocycles. The highest BCUT2D eigenvalue weighted by Gasteiger charge is 2.23. The van der Waals surface area contributed by atoms with Crippen molar-refractivity contribution in [3.8, 4) is 0 Å². The zero-order chi connectivity index (χ0) is 13.9. The molecular formula is C16H14ClNO2. The van der Waals surface area contributed by atoms with Gasteiger partial charge in [0.25, 0.3) is 0 Å². The number of benzene rings is 1. The van der Waals surface area contributed by atoms with Crippen molar-refractivity contribution < 1.29 is 9.53 Å². The highest BCUT2D eigenvalue weighted by Crippen LogP contribution is 2.30. The predicted octanol–water partition coefficient (Wildman–Crippen LogP) is 3.62. The molecule has 0 fully saturated rings. The van der Waals surface area contributed by atoms with Gasteiger partial charge in [-0.25, -0.2) is 0 Å². The van der Waals surface area contributed by atoms with Crippen LogP contribution in [-0.2, 0) is 11.2 Å². The van der Waals surface area contributed by atoms with Crippen LogP contribution in [0.2, 0.25) is 5.02 Å². The van der Waals surface area contributed by atoms with E-state index in [9.17, 15) is 4.79 Å². The highest BCUT2D eigenvalue weighted by atomic mass is 35.5. The van der Waals surface area contributed by atoms with Gasteiger partial charge in [0.15, 0.2) is 5.78 Å². The second kappa shape index (κ2) is 5.73. The third kappa shape index (κ3) is 2.74. The van der Waals surface area contributed by atoms with Crippen LogP contribution in [0.3, 0.4) is 0 Å². The van der Waals surface area contributed by atoms with Gasteiger partial charge < -0.3 is 4.74 Å². The average Bonchev–Trinajstić information content (AvgIpc) is 2.48. The number of hydrogen-bond acceptors (Lipinski definition) is 3. The first-order valence-corrected chi connectivity index (χ1v) is 6.96. The largest absolute Gasteiger partial charge is 0.373 e. The summed E-state index contributed by atoms with van der Waals surface area (Å²) < 4.78 is 5.75. The van der Waals surface area contributed by atoms with Crippen LogP contribution < -0.4 is 0 Å². The summed E-state index contributed by atoms with van der Waals surface area (Å²) in [6.07, 6.45) is 2.53. The van der Waals surface area contributed by atoms with E-state index in [1.54, 1.807) is 12.1 Å². The molecule has 1 unspecified atom stereocenters. The van der Waals surface area contributed by atoms with Crippen molar-refractivity contribution in [3.05, 3.63) is 64.4 Å². The lowest BCUT2D eigenvalue weighted by atomic mass is 9.94. The van der Waals surface area contributed by atoms with Crippen molar-refractivity contribution in [2.24, 2.45) is 0 Å². The SMILES string of the molecule is O=C(CC1OCCc2ccccc21)c1ccc(Cl)cn1. The Morgan fingerprint density at radius 2 is 2.15 bits per heavy atom. The third-order valence-corrected chi connectivity index (χ3v) is 3.70. The monoisotopic (exact) mass is 287 g/mol. The number of rotatable bonds is 3. The number of fused-ring (bicyclic) bond motifs is 1. The lowest BCUT2D eigenvalue weighted by Crippen LogP contribution is -2.19. The first kappa shape index (κ1) is 13.3. The third-order valence-electron chi connectivity index (χ3n) is 3.48. The maximum Gasteiger partial charge on any atom is 0.184 e. The Morgan fingerprint density at radius 3 is 2.95 bits per heavy atom. The molecule has 102 valence electrons. The first-order valence-electron chi connectivity index (χ1n) is 6.58. The van der Waals surface area contributed by atoms with Gasteiger partial charge in [0.2, 0.25) is 0 Å². The molecule has 1 aliphatic rings. The van der Waals surface area contributed by atoms with Crippen LogP contribution in [0.1, 0.15) is 34.1 Å². The summed E-state index contributed by atoms with van der Waals surface area (Å²) in [4.78, 5) is 16.3. The maximum absolute atomic E-state index is 12.2. The van der Waals surface area contributed by atoms with E-state index < -0.39 is 0 Å². The molecule has 0 aliphatic carbocycles. The molecule has 20 heavy (non-hydrogen) atoms. The molecular weight excluding hydrogens is 274 g/mol. The van der Waals surface area contributed by atoms with E-state index in [1.165, 1.54) is 11.8 Å². The second-order valence-corrected chi connectivity index (χ2v) is 5.23. The maximum atomic E-state index is 12.2. The van der Waals surface area contributed by atoms with Crippen LogP contribution >= 0.6 is 11.6 Å². The Bertz CT molecular complexity index is 625. The van der Waals surface area contributed by atoms with E-state index in [2.05, 4.69) is 11.1 Å². The van der Waals surface area contributed by atoms with Crippen molar-refractivity contribution in [2.75, 3.05) is 6.61 Å². The number of halogens is 1. The number of Topliss-reactive ketones (excluding diaryl/α,β-unsaturated/α-hetero) is 1. The molecule has 3 nitrogen and oxygen atoms in total. The predicted molar refractivity (Wildman–Crippen MR) is 77.0 cm³/mol. The van der Waals surface area contributed by atoms with Crippen LogP contribution in [0.25, 0.3) is 0 Å². The number of ether oxygens (including phenoxy) is 1. The van der Waals surface area contributed by atoms with Gasteiger partial charge in [-0.2, -0.15) is 0 Å². The topological polar surface area (TPSA) is 39.2 Å². The number of nitrogens with zero attached hydrogens (tertiary/aromatic N) is 1. The van der Waals surface area contributed by atoms with E-state index in [4.69, 9.17) is 16.3 Å². The van der Waals surface area contributed by atoms with Crippen LogP contribution in [0.15, 0.2) is 42.6 Å². The van der Waals surface area contributed by atoms with E-state index in [0.717, 1.165) is 12.0 Å². The van der Waals surface area contributed by atoms with Gasteiger partial charge in [0.1, 0.15) is 5.69 Å². The van der Waals surface area contributed by atoms with E-state index >= 15 is 0 Å². The van der Waals surface area contributed by atoms with Crippen LogP contribution in [0.5, 0.6) is 0 Å². The summed E-state index contributed by atoms with van der Waals surface area (Å²) in [5.41, 5.74) is 2.81. The lowest BCUT2D eigenvalue weighted by Gasteiger charge is -2.25. The Labute approximate surface area is 122 Å². The van der Waals surface area contributed by atoms with Gasteiger partial charge in [0.05, 0.1) is 17.7 Å². The summed E-state index contributed by atoms with van der Waals surface area (Å²) in [6.45, 7) is 0.656. The standard InChI is InChI=1S/C16H14ClNO2/c17-12-5-6-14(18-10-12)15(19)9-16-13-4-2-1-3-11(13)7-8-20-16/h1-6,10,16H,7-9H2. The Morgan fingerprint density at radius 1 is 1.30 bits per heavy atom. The fourth-order valence-electron chi connectivity index (χ4n) is 2.46. The van der Waals surface area contributed by atoms with Crippen molar-refractivity contribution in [3.63, 3.8) is 0 Å². The van der Waals surface area contributed by atoms with Gasteiger partial charge in [-0.1, -0.05) is 35.9 Å². The quantitative estimate of drug-likeness (QED) is 0.809. The zero-order valence-corrected chi connectivity index (χ0v) is 11.6. The van der Waals surface area contributed by atoms with Crippen LogP contribution in [0, 0.1) is 0 Å². The minimum absolute atomic E-state index is 0.0247. The molecule has 3 rings (SSSR count). The normalized spacial score (nSPS) is 17.6. The van der Waals surface area contributed by atoms with E-state index in [0.29, 0.717) is 23.7 Å². The number of hydrogen-bond donors (Lipinski definition) is 0.